The quantitative estimate of drug-likeness (QED) is 0.599. The number of benzene rings is 2. The molecule has 2 rings (SSSR count). The van der Waals surface area contributed by atoms with E-state index in [0.29, 0.717) is 18.7 Å². The molecular weight excluding hydrogens is 400 g/mol. The summed E-state index contributed by atoms with van der Waals surface area (Å²) in [6.07, 6.45) is 0.523. The predicted molar refractivity (Wildman–Crippen MR) is 130 cm³/mol. The average Bonchev–Trinajstić information content (AvgIpc) is 2.71. The molecule has 32 heavy (non-hydrogen) atoms. The fraction of sp³-hybridized carbons (Fsp3) is 0.481. The number of para-hydroxylation sites is 1. The summed E-state index contributed by atoms with van der Waals surface area (Å²) in [5.41, 5.74) is 3.04. The number of hydrogen-bond acceptors (Lipinski definition) is 3. The lowest BCUT2D eigenvalue weighted by Crippen LogP contribution is -2.51. The van der Waals surface area contributed by atoms with Gasteiger partial charge < -0.3 is 15.0 Å². The van der Waals surface area contributed by atoms with Crippen molar-refractivity contribution in [2.45, 2.75) is 78.9 Å². The van der Waals surface area contributed by atoms with Crippen LogP contribution < -0.4 is 10.1 Å². The lowest BCUT2D eigenvalue weighted by molar-refractivity contribution is -0.143. The van der Waals surface area contributed by atoms with Gasteiger partial charge in [-0.25, -0.2) is 0 Å². The number of aryl methyl sites for hydroxylation is 1. The van der Waals surface area contributed by atoms with E-state index in [0.717, 1.165) is 16.7 Å². The van der Waals surface area contributed by atoms with Crippen molar-refractivity contribution in [1.29, 1.82) is 0 Å². The summed E-state index contributed by atoms with van der Waals surface area (Å²) < 4.78 is 6.00. The monoisotopic (exact) mass is 438 g/mol. The average molecular weight is 439 g/mol. The van der Waals surface area contributed by atoms with E-state index in [4.69, 9.17) is 4.74 Å². The Kier molecular flexibility index (Phi) is 8.88. The summed E-state index contributed by atoms with van der Waals surface area (Å²) in [4.78, 5) is 27.9. The zero-order valence-corrected chi connectivity index (χ0v) is 20.6. The summed E-state index contributed by atoms with van der Waals surface area (Å²) in [7, 11) is 0. The Bertz CT molecular complexity index is 915. The predicted octanol–water partition coefficient (Wildman–Crippen LogP) is 5.00. The van der Waals surface area contributed by atoms with Gasteiger partial charge in [0, 0.05) is 12.6 Å². The van der Waals surface area contributed by atoms with Crippen molar-refractivity contribution in [3.63, 3.8) is 0 Å². The zero-order chi connectivity index (χ0) is 23.9. The topological polar surface area (TPSA) is 58.6 Å². The minimum Gasteiger partial charge on any atom is -0.483 e. The number of hydrogen-bond donors (Lipinski definition) is 1. The number of rotatable bonds is 9. The molecule has 2 aromatic carbocycles. The van der Waals surface area contributed by atoms with E-state index < -0.39 is 6.04 Å². The molecule has 174 valence electrons. The Labute approximate surface area is 193 Å². The maximum Gasteiger partial charge on any atom is 0.261 e. The van der Waals surface area contributed by atoms with E-state index in [1.54, 1.807) is 4.90 Å². The first-order valence-corrected chi connectivity index (χ1v) is 11.4. The van der Waals surface area contributed by atoms with Gasteiger partial charge in [-0.05, 0) is 49.8 Å². The Balaban J connectivity index is 2.28. The van der Waals surface area contributed by atoms with E-state index in [2.05, 4.69) is 26.1 Å². The highest BCUT2D eigenvalue weighted by molar-refractivity contribution is 5.88. The van der Waals surface area contributed by atoms with Gasteiger partial charge in [-0.3, -0.25) is 9.59 Å². The third-order valence-corrected chi connectivity index (χ3v) is 5.30. The number of nitrogens with zero attached hydrogens (tertiary/aromatic N) is 1. The van der Waals surface area contributed by atoms with Crippen molar-refractivity contribution in [1.82, 2.24) is 10.2 Å². The van der Waals surface area contributed by atoms with Crippen LogP contribution >= 0.6 is 0 Å². The molecule has 0 saturated heterocycles. The van der Waals surface area contributed by atoms with Gasteiger partial charge in [-0.15, -0.1) is 0 Å². The van der Waals surface area contributed by atoms with Gasteiger partial charge in [0.05, 0.1) is 0 Å². The molecule has 0 heterocycles. The number of ether oxygens (including phenoxy) is 1. The zero-order valence-electron chi connectivity index (χ0n) is 20.6. The first kappa shape index (κ1) is 25.4. The van der Waals surface area contributed by atoms with Crippen molar-refractivity contribution in [2.75, 3.05) is 6.61 Å². The van der Waals surface area contributed by atoms with Gasteiger partial charge in [-0.1, -0.05) is 75.7 Å². The minimum atomic E-state index is -0.563. The largest absolute Gasteiger partial charge is 0.483 e. The lowest BCUT2D eigenvalue weighted by atomic mass is 9.86. The summed E-state index contributed by atoms with van der Waals surface area (Å²) in [5, 5.41) is 2.96. The number of carbonyl (C=O) groups excluding carboxylic acids is 2. The van der Waals surface area contributed by atoms with E-state index in [1.165, 1.54) is 0 Å². The molecule has 0 spiro atoms. The first-order valence-electron chi connectivity index (χ1n) is 11.4. The van der Waals surface area contributed by atoms with Crippen molar-refractivity contribution in [3.8, 4) is 5.75 Å². The van der Waals surface area contributed by atoms with E-state index in [1.807, 2.05) is 76.2 Å². The van der Waals surface area contributed by atoms with E-state index in [-0.39, 0.29) is 29.9 Å². The van der Waals surface area contributed by atoms with Gasteiger partial charge >= 0.3 is 0 Å². The first-order chi connectivity index (χ1) is 15.0. The molecule has 1 N–H and O–H groups in total. The number of nitrogens with one attached hydrogen (secondary N) is 1. The van der Waals surface area contributed by atoms with E-state index in [9.17, 15) is 9.59 Å². The standard InChI is InChI=1S/C27H38N2O3/c1-8-23(26(31)28-19(2)3)29(17-21-13-11-12-20(4)16-21)25(30)18-32-24-15-10-9-14-22(24)27(5,6)7/h9-16,19,23H,8,17-18H2,1-7H3,(H,28,31). The van der Waals surface area contributed by atoms with Gasteiger partial charge in [0.15, 0.2) is 6.61 Å². The summed E-state index contributed by atoms with van der Waals surface area (Å²) in [5.74, 6) is 0.350. The van der Waals surface area contributed by atoms with Crippen molar-refractivity contribution in [2.24, 2.45) is 0 Å². The van der Waals surface area contributed by atoms with Crippen LogP contribution in [0.4, 0.5) is 0 Å². The van der Waals surface area contributed by atoms with Crippen LogP contribution in [-0.4, -0.2) is 35.4 Å². The summed E-state index contributed by atoms with van der Waals surface area (Å²) >= 11 is 0. The van der Waals surface area contributed by atoms with Crippen LogP contribution in [0.2, 0.25) is 0 Å². The molecule has 0 aliphatic heterocycles. The fourth-order valence-electron chi connectivity index (χ4n) is 3.74. The second-order valence-corrected chi connectivity index (χ2v) is 9.63. The van der Waals surface area contributed by atoms with Gasteiger partial charge in [0.1, 0.15) is 11.8 Å². The molecule has 1 unspecified atom stereocenters. The third-order valence-electron chi connectivity index (χ3n) is 5.30. The van der Waals surface area contributed by atoms with Crippen LogP contribution in [0.5, 0.6) is 5.75 Å². The van der Waals surface area contributed by atoms with E-state index >= 15 is 0 Å². The molecule has 0 aromatic heterocycles. The summed E-state index contributed by atoms with van der Waals surface area (Å²) in [6.45, 7) is 14.4. The maximum absolute atomic E-state index is 13.4. The third kappa shape index (κ3) is 7.11. The lowest BCUT2D eigenvalue weighted by Gasteiger charge is -2.31. The second-order valence-electron chi connectivity index (χ2n) is 9.63. The van der Waals surface area contributed by atoms with Gasteiger partial charge in [0.25, 0.3) is 5.91 Å². The normalized spacial score (nSPS) is 12.4. The molecule has 0 radical (unpaired) electrons. The SMILES string of the molecule is CCC(C(=O)NC(C)C)N(Cc1cccc(C)c1)C(=O)COc1ccccc1C(C)(C)C. The highest BCUT2D eigenvalue weighted by Gasteiger charge is 2.29. The molecule has 0 saturated carbocycles. The molecule has 5 nitrogen and oxygen atoms in total. The Morgan fingerprint density at radius 1 is 1.06 bits per heavy atom. The van der Waals surface area contributed by atoms with Crippen molar-refractivity contribution < 1.29 is 14.3 Å². The molecule has 5 heteroatoms. The van der Waals surface area contributed by atoms with Crippen molar-refractivity contribution >= 4 is 11.8 Å². The van der Waals surface area contributed by atoms with Crippen LogP contribution in [-0.2, 0) is 21.5 Å². The number of carbonyl (C=O) groups is 2. The molecule has 0 aliphatic carbocycles. The van der Waals surface area contributed by atoms with Crippen LogP contribution in [0.3, 0.4) is 0 Å². The van der Waals surface area contributed by atoms with Crippen LogP contribution in [0.25, 0.3) is 0 Å². The van der Waals surface area contributed by atoms with Crippen LogP contribution in [0.1, 0.15) is 64.7 Å². The highest BCUT2D eigenvalue weighted by atomic mass is 16.5. The Morgan fingerprint density at radius 3 is 2.34 bits per heavy atom. The molecule has 0 fully saturated rings. The second kappa shape index (κ2) is 11.2. The molecular formula is C27H38N2O3. The van der Waals surface area contributed by atoms with Crippen LogP contribution in [0.15, 0.2) is 48.5 Å². The van der Waals surface area contributed by atoms with Crippen LogP contribution in [0, 0.1) is 6.92 Å². The molecule has 1 atom stereocenters. The minimum absolute atomic E-state index is 0.00221. The smallest absolute Gasteiger partial charge is 0.261 e. The molecule has 2 aromatic rings. The van der Waals surface area contributed by atoms with Crippen molar-refractivity contribution in [3.05, 3.63) is 65.2 Å². The highest BCUT2D eigenvalue weighted by Crippen LogP contribution is 2.31. The molecule has 0 bridgehead atoms. The summed E-state index contributed by atoms with van der Waals surface area (Å²) in [6, 6.07) is 15.3. The maximum atomic E-state index is 13.4. The number of amides is 2. The fourth-order valence-corrected chi connectivity index (χ4v) is 3.74. The molecule has 0 aliphatic rings. The Morgan fingerprint density at radius 2 is 1.75 bits per heavy atom. The Hall–Kier alpha value is -2.82. The molecule has 2 amide bonds. The van der Waals surface area contributed by atoms with Gasteiger partial charge in [0.2, 0.25) is 5.91 Å². The van der Waals surface area contributed by atoms with Gasteiger partial charge in [-0.2, -0.15) is 0 Å².